The number of aromatic nitrogens is 1. The maximum Gasteiger partial charge on any atom is 0.328 e. The van der Waals surface area contributed by atoms with Gasteiger partial charge >= 0.3 is 5.97 Å². The fourth-order valence-electron chi connectivity index (χ4n) is 2.15. The van der Waals surface area contributed by atoms with Crippen molar-refractivity contribution in [2.45, 2.75) is 19.5 Å². The zero-order chi connectivity index (χ0) is 13.3. The standard InChI is InChI=1S/C13H15BrN2O2/c1-3-16-10(11(15)13(17)18-2)7-8-5-4-6-9(14)12(8)16/h4-7,11H,3,15H2,1-2H3. The topological polar surface area (TPSA) is 57.2 Å². The number of carbonyl (C=O) groups excluding carboxylic acids is 1. The highest BCUT2D eigenvalue weighted by atomic mass is 79.9. The average molecular weight is 311 g/mol. The van der Waals surface area contributed by atoms with E-state index in [4.69, 9.17) is 10.5 Å². The van der Waals surface area contributed by atoms with Crippen molar-refractivity contribution in [1.29, 1.82) is 0 Å². The lowest BCUT2D eigenvalue weighted by atomic mass is 10.2. The van der Waals surface area contributed by atoms with Crippen molar-refractivity contribution in [2.24, 2.45) is 5.73 Å². The molecule has 1 aromatic carbocycles. The van der Waals surface area contributed by atoms with E-state index in [1.54, 1.807) is 0 Å². The minimum Gasteiger partial charge on any atom is -0.468 e. The summed E-state index contributed by atoms with van der Waals surface area (Å²) in [5.74, 6) is -0.427. The molecule has 0 fully saturated rings. The normalized spacial score (nSPS) is 12.7. The molecule has 1 atom stereocenters. The predicted octanol–water partition coefficient (Wildman–Crippen LogP) is 2.60. The van der Waals surface area contributed by atoms with E-state index in [1.807, 2.05) is 35.8 Å². The number of hydrogen-bond acceptors (Lipinski definition) is 3. The summed E-state index contributed by atoms with van der Waals surface area (Å²) in [6.07, 6.45) is 0. The van der Waals surface area contributed by atoms with Gasteiger partial charge in [-0.2, -0.15) is 0 Å². The fraction of sp³-hybridized carbons (Fsp3) is 0.308. The number of esters is 1. The van der Waals surface area contributed by atoms with Crippen LogP contribution in [0.5, 0.6) is 0 Å². The largest absolute Gasteiger partial charge is 0.468 e. The highest BCUT2D eigenvalue weighted by Gasteiger charge is 2.22. The van der Waals surface area contributed by atoms with Gasteiger partial charge in [-0.15, -0.1) is 0 Å². The van der Waals surface area contributed by atoms with Crippen LogP contribution in [-0.2, 0) is 16.1 Å². The van der Waals surface area contributed by atoms with Crippen molar-refractivity contribution in [2.75, 3.05) is 7.11 Å². The molecular weight excluding hydrogens is 296 g/mol. The lowest BCUT2D eigenvalue weighted by Crippen LogP contribution is -2.25. The number of halogens is 1. The highest BCUT2D eigenvalue weighted by Crippen LogP contribution is 2.29. The van der Waals surface area contributed by atoms with Crippen LogP contribution in [0, 0.1) is 0 Å². The lowest BCUT2D eigenvalue weighted by molar-refractivity contribution is -0.142. The summed E-state index contributed by atoms with van der Waals surface area (Å²) in [6, 6.07) is 7.11. The summed E-state index contributed by atoms with van der Waals surface area (Å²) in [5.41, 5.74) is 7.75. The molecule has 96 valence electrons. The minimum absolute atomic E-state index is 0.427. The Morgan fingerprint density at radius 2 is 2.28 bits per heavy atom. The Hall–Kier alpha value is -1.33. The lowest BCUT2D eigenvalue weighted by Gasteiger charge is -2.13. The third-order valence-electron chi connectivity index (χ3n) is 2.99. The van der Waals surface area contributed by atoms with Gasteiger partial charge in [0.05, 0.1) is 12.6 Å². The Kier molecular flexibility index (Phi) is 3.73. The first-order valence-corrected chi connectivity index (χ1v) is 6.50. The van der Waals surface area contributed by atoms with Crippen molar-refractivity contribution in [1.82, 2.24) is 4.57 Å². The number of hydrogen-bond donors (Lipinski definition) is 1. The van der Waals surface area contributed by atoms with Gasteiger partial charge in [0.2, 0.25) is 0 Å². The van der Waals surface area contributed by atoms with Gasteiger partial charge in [0.15, 0.2) is 0 Å². The average Bonchev–Trinajstić information content (AvgIpc) is 2.76. The number of para-hydroxylation sites is 1. The third-order valence-corrected chi connectivity index (χ3v) is 3.63. The number of ether oxygens (including phenoxy) is 1. The van der Waals surface area contributed by atoms with Gasteiger partial charge in [0.1, 0.15) is 6.04 Å². The smallest absolute Gasteiger partial charge is 0.328 e. The molecule has 0 aliphatic carbocycles. The number of carbonyl (C=O) groups is 1. The van der Waals surface area contributed by atoms with Crippen molar-refractivity contribution >= 4 is 32.8 Å². The Bertz CT molecular complexity index is 592. The fourth-order valence-corrected chi connectivity index (χ4v) is 2.74. The Labute approximate surface area is 114 Å². The second-order valence-electron chi connectivity index (χ2n) is 3.99. The van der Waals surface area contributed by atoms with Crippen LogP contribution >= 0.6 is 15.9 Å². The quantitative estimate of drug-likeness (QED) is 0.887. The summed E-state index contributed by atoms with van der Waals surface area (Å²) in [6.45, 7) is 2.76. The zero-order valence-corrected chi connectivity index (χ0v) is 11.9. The summed E-state index contributed by atoms with van der Waals surface area (Å²) in [7, 11) is 1.34. The van der Waals surface area contributed by atoms with E-state index in [0.29, 0.717) is 0 Å². The van der Waals surface area contributed by atoms with Gasteiger partial charge in [-0.1, -0.05) is 12.1 Å². The predicted molar refractivity (Wildman–Crippen MR) is 74.3 cm³/mol. The van der Waals surface area contributed by atoms with Gasteiger partial charge in [-0.25, -0.2) is 4.79 Å². The molecule has 0 saturated heterocycles. The van der Waals surface area contributed by atoms with Crippen molar-refractivity contribution < 1.29 is 9.53 Å². The van der Waals surface area contributed by atoms with Gasteiger partial charge in [0.25, 0.3) is 0 Å². The monoisotopic (exact) mass is 310 g/mol. The SMILES string of the molecule is CCn1c(C(N)C(=O)OC)cc2cccc(Br)c21. The molecule has 2 N–H and O–H groups in total. The first-order chi connectivity index (χ1) is 8.60. The second-order valence-corrected chi connectivity index (χ2v) is 4.85. The van der Waals surface area contributed by atoms with Gasteiger partial charge in [-0.3, -0.25) is 0 Å². The molecular formula is C13H15BrN2O2. The second kappa shape index (κ2) is 5.12. The van der Waals surface area contributed by atoms with Crippen LogP contribution in [0.3, 0.4) is 0 Å². The highest BCUT2D eigenvalue weighted by molar-refractivity contribution is 9.10. The molecule has 0 aliphatic rings. The molecule has 1 heterocycles. The summed E-state index contributed by atoms with van der Waals surface area (Å²) in [5, 5.41) is 1.06. The van der Waals surface area contributed by atoms with Crippen molar-refractivity contribution in [3.05, 3.63) is 34.4 Å². The van der Waals surface area contributed by atoms with Crippen LogP contribution in [0.25, 0.3) is 10.9 Å². The Morgan fingerprint density at radius 3 is 2.89 bits per heavy atom. The number of nitrogens with two attached hydrogens (primary N) is 1. The van der Waals surface area contributed by atoms with E-state index >= 15 is 0 Å². The number of aryl methyl sites for hydroxylation is 1. The molecule has 1 aromatic heterocycles. The van der Waals surface area contributed by atoms with Crippen molar-refractivity contribution in [3.63, 3.8) is 0 Å². The number of benzene rings is 1. The Balaban J connectivity index is 2.65. The molecule has 0 spiro atoms. The molecule has 5 heteroatoms. The maximum atomic E-state index is 11.6. The summed E-state index contributed by atoms with van der Waals surface area (Å²) in [4.78, 5) is 11.6. The number of rotatable bonds is 3. The van der Waals surface area contributed by atoms with Crippen LogP contribution in [-0.4, -0.2) is 17.6 Å². The van der Waals surface area contributed by atoms with E-state index in [1.165, 1.54) is 7.11 Å². The molecule has 0 amide bonds. The molecule has 1 unspecified atom stereocenters. The summed E-state index contributed by atoms with van der Waals surface area (Å²) < 4.78 is 7.72. The van der Waals surface area contributed by atoms with E-state index in [0.717, 1.165) is 27.6 Å². The first kappa shape index (κ1) is 13.1. The van der Waals surface area contributed by atoms with E-state index < -0.39 is 12.0 Å². The van der Waals surface area contributed by atoms with E-state index in [9.17, 15) is 4.79 Å². The van der Waals surface area contributed by atoms with Gasteiger partial charge < -0.3 is 15.0 Å². The first-order valence-electron chi connectivity index (χ1n) is 5.71. The molecule has 0 bridgehead atoms. The maximum absolute atomic E-state index is 11.6. The molecule has 2 rings (SSSR count). The van der Waals surface area contributed by atoms with Crippen LogP contribution in [0.4, 0.5) is 0 Å². The van der Waals surface area contributed by atoms with E-state index in [2.05, 4.69) is 15.9 Å². The molecule has 0 aliphatic heterocycles. The molecule has 4 nitrogen and oxygen atoms in total. The van der Waals surface area contributed by atoms with Crippen LogP contribution in [0.2, 0.25) is 0 Å². The van der Waals surface area contributed by atoms with Crippen molar-refractivity contribution in [3.8, 4) is 0 Å². The third kappa shape index (κ3) is 2.04. The number of nitrogens with zero attached hydrogens (tertiary/aromatic N) is 1. The van der Waals surface area contributed by atoms with E-state index in [-0.39, 0.29) is 0 Å². The molecule has 2 aromatic rings. The summed E-state index contributed by atoms with van der Waals surface area (Å²) >= 11 is 3.53. The minimum atomic E-state index is -0.755. The van der Waals surface area contributed by atoms with Gasteiger partial charge in [0, 0.05) is 22.1 Å². The Morgan fingerprint density at radius 1 is 1.56 bits per heavy atom. The van der Waals surface area contributed by atoms with Crippen LogP contribution < -0.4 is 5.73 Å². The number of methoxy groups -OCH3 is 1. The van der Waals surface area contributed by atoms with Crippen LogP contribution in [0.1, 0.15) is 18.7 Å². The molecule has 18 heavy (non-hydrogen) atoms. The molecule has 0 radical (unpaired) electrons. The molecule has 0 saturated carbocycles. The number of fused-ring (bicyclic) bond motifs is 1. The zero-order valence-electron chi connectivity index (χ0n) is 10.3. The van der Waals surface area contributed by atoms with Crippen LogP contribution in [0.15, 0.2) is 28.7 Å². The van der Waals surface area contributed by atoms with Gasteiger partial charge in [-0.05, 0) is 35.0 Å².